The highest BCUT2D eigenvalue weighted by atomic mass is 16.6. The number of nitrogens with zero attached hydrogens (tertiary/aromatic N) is 4. The van der Waals surface area contributed by atoms with Gasteiger partial charge in [-0.05, 0) is 63.1 Å². The molecule has 2 aromatic rings. The van der Waals surface area contributed by atoms with Crippen LogP contribution in [0.15, 0.2) is 61.2 Å². The predicted molar refractivity (Wildman–Crippen MR) is 149 cm³/mol. The Hall–Kier alpha value is -3.16. The Bertz CT molecular complexity index is 1060. The Morgan fingerprint density at radius 3 is 2.30 bits per heavy atom. The van der Waals surface area contributed by atoms with Crippen LogP contribution in [0, 0.1) is 0 Å². The summed E-state index contributed by atoms with van der Waals surface area (Å²) >= 11 is 0. The zero-order chi connectivity index (χ0) is 27.1. The highest BCUT2D eigenvalue weighted by molar-refractivity contribution is 5.94. The van der Waals surface area contributed by atoms with Crippen LogP contribution in [-0.2, 0) is 0 Å². The van der Waals surface area contributed by atoms with Crippen LogP contribution in [0.2, 0.25) is 0 Å². The van der Waals surface area contributed by atoms with Gasteiger partial charge in [0.15, 0.2) is 0 Å². The number of piperazine rings is 1. The Kier molecular flexibility index (Phi) is 9.89. The molecule has 1 aliphatic heterocycles. The summed E-state index contributed by atoms with van der Waals surface area (Å²) in [7, 11) is 3.34. The van der Waals surface area contributed by atoms with Crippen molar-refractivity contribution in [2.24, 2.45) is 0 Å². The SMILES string of the molecule is C=CCN1C[C@H](C)N([C@H](c2ccc(C(=O)N(CC)CC)cc2)c2cccc(OC(=O)N(C)C)c2)C[C@H]1C. The smallest absolute Gasteiger partial charge is 0.410 e. The quantitative estimate of drug-likeness (QED) is 0.453. The van der Waals surface area contributed by atoms with Gasteiger partial charge in [-0.15, -0.1) is 6.58 Å². The van der Waals surface area contributed by atoms with Crippen molar-refractivity contribution in [1.82, 2.24) is 19.6 Å². The number of carbonyl (C=O) groups excluding carboxylic acids is 2. The number of carbonyl (C=O) groups is 2. The standard InChI is InChI=1S/C30H42N4O3/c1-8-18-33-20-23(5)34(21-22(33)4)28(26-12-11-13-27(19-26)37-30(36)31(6)7)24-14-16-25(17-15-24)29(35)32(9-2)10-3/h8,11-17,19,22-23,28H,1,9-10,18,20-21H2,2-7H3/t22-,23+,28-/m1/s1. The second kappa shape index (κ2) is 12.9. The fourth-order valence-corrected chi connectivity index (χ4v) is 5.02. The van der Waals surface area contributed by atoms with Crippen molar-refractivity contribution in [3.8, 4) is 5.75 Å². The molecule has 0 saturated carbocycles. The summed E-state index contributed by atoms with van der Waals surface area (Å²) in [6.45, 7) is 16.5. The maximum Gasteiger partial charge on any atom is 0.414 e. The highest BCUT2D eigenvalue weighted by Gasteiger charge is 2.34. The first-order chi connectivity index (χ1) is 17.7. The van der Waals surface area contributed by atoms with Crippen molar-refractivity contribution in [1.29, 1.82) is 0 Å². The number of amides is 2. The average Bonchev–Trinajstić information content (AvgIpc) is 2.88. The van der Waals surface area contributed by atoms with Crippen LogP contribution in [-0.4, -0.2) is 90.5 Å². The van der Waals surface area contributed by atoms with Crippen molar-refractivity contribution in [3.63, 3.8) is 0 Å². The van der Waals surface area contributed by atoms with Crippen LogP contribution in [0.1, 0.15) is 55.2 Å². The molecule has 0 bridgehead atoms. The first-order valence-corrected chi connectivity index (χ1v) is 13.2. The second-order valence-electron chi connectivity index (χ2n) is 9.97. The second-order valence-corrected chi connectivity index (χ2v) is 9.97. The van der Waals surface area contributed by atoms with Gasteiger partial charge in [0.2, 0.25) is 0 Å². The first kappa shape index (κ1) is 28.4. The molecule has 7 heteroatoms. The van der Waals surface area contributed by atoms with E-state index in [-0.39, 0.29) is 18.0 Å². The van der Waals surface area contributed by atoms with Gasteiger partial charge >= 0.3 is 6.09 Å². The number of benzene rings is 2. The van der Waals surface area contributed by atoms with Gasteiger partial charge in [-0.2, -0.15) is 0 Å². The summed E-state index contributed by atoms with van der Waals surface area (Å²) in [5.74, 6) is 0.561. The van der Waals surface area contributed by atoms with Crippen LogP contribution < -0.4 is 4.74 Å². The zero-order valence-electron chi connectivity index (χ0n) is 23.2. The molecule has 2 aromatic carbocycles. The number of hydrogen-bond acceptors (Lipinski definition) is 5. The lowest BCUT2D eigenvalue weighted by Gasteiger charge is -2.47. The van der Waals surface area contributed by atoms with Gasteiger partial charge < -0.3 is 14.5 Å². The predicted octanol–water partition coefficient (Wildman–Crippen LogP) is 4.90. The van der Waals surface area contributed by atoms with E-state index in [1.807, 2.05) is 55.2 Å². The lowest BCUT2D eigenvalue weighted by Crippen LogP contribution is -2.57. The summed E-state index contributed by atoms with van der Waals surface area (Å²) in [6.07, 6.45) is 1.55. The summed E-state index contributed by atoms with van der Waals surface area (Å²) in [6, 6.07) is 16.3. The minimum atomic E-state index is -0.409. The van der Waals surface area contributed by atoms with Crippen LogP contribution in [0.5, 0.6) is 5.75 Å². The molecule has 1 fully saturated rings. The maximum absolute atomic E-state index is 12.9. The molecule has 0 spiro atoms. The third-order valence-electron chi connectivity index (χ3n) is 7.13. The van der Waals surface area contributed by atoms with E-state index in [1.165, 1.54) is 4.90 Å². The van der Waals surface area contributed by atoms with E-state index in [0.717, 1.165) is 30.8 Å². The molecule has 7 nitrogen and oxygen atoms in total. The fourth-order valence-electron chi connectivity index (χ4n) is 5.02. The third-order valence-corrected chi connectivity index (χ3v) is 7.13. The van der Waals surface area contributed by atoms with Gasteiger partial charge in [0.05, 0.1) is 6.04 Å². The monoisotopic (exact) mass is 506 g/mol. The Balaban J connectivity index is 2.00. The molecule has 200 valence electrons. The molecule has 0 aliphatic carbocycles. The van der Waals surface area contributed by atoms with E-state index in [0.29, 0.717) is 30.4 Å². The van der Waals surface area contributed by atoms with E-state index in [9.17, 15) is 9.59 Å². The average molecular weight is 507 g/mol. The molecule has 37 heavy (non-hydrogen) atoms. The first-order valence-electron chi connectivity index (χ1n) is 13.2. The molecule has 3 atom stereocenters. The maximum atomic E-state index is 12.9. The van der Waals surface area contributed by atoms with Crippen LogP contribution in [0.4, 0.5) is 4.79 Å². The van der Waals surface area contributed by atoms with Gasteiger partial charge in [0, 0.05) is 64.5 Å². The zero-order valence-corrected chi connectivity index (χ0v) is 23.2. The van der Waals surface area contributed by atoms with Crippen molar-refractivity contribution in [2.45, 2.75) is 45.8 Å². The lowest BCUT2D eigenvalue weighted by atomic mass is 9.92. The minimum Gasteiger partial charge on any atom is -0.410 e. The van der Waals surface area contributed by atoms with Gasteiger partial charge in [-0.25, -0.2) is 4.79 Å². The minimum absolute atomic E-state index is 0.0470. The van der Waals surface area contributed by atoms with E-state index < -0.39 is 6.09 Å². The van der Waals surface area contributed by atoms with Crippen molar-refractivity contribution in [3.05, 3.63) is 77.9 Å². The fraction of sp³-hybridized carbons (Fsp3) is 0.467. The van der Waals surface area contributed by atoms with Crippen LogP contribution >= 0.6 is 0 Å². The molecule has 1 saturated heterocycles. The summed E-state index contributed by atoms with van der Waals surface area (Å²) < 4.78 is 5.59. The molecular formula is C30H42N4O3. The van der Waals surface area contributed by atoms with E-state index >= 15 is 0 Å². The topological polar surface area (TPSA) is 56.3 Å². The molecule has 3 rings (SSSR count). The molecule has 0 radical (unpaired) electrons. The molecule has 2 amide bonds. The molecule has 1 heterocycles. The van der Waals surface area contributed by atoms with Gasteiger partial charge in [-0.1, -0.05) is 30.3 Å². The molecule has 1 aliphatic rings. The summed E-state index contributed by atoms with van der Waals surface area (Å²) in [4.78, 5) is 33.3. The van der Waals surface area contributed by atoms with Crippen LogP contribution in [0.3, 0.4) is 0 Å². The molecular weight excluding hydrogens is 464 g/mol. The van der Waals surface area contributed by atoms with Crippen LogP contribution in [0.25, 0.3) is 0 Å². The van der Waals surface area contributed by atoms with E-state index in [2.05, 4.69) is 48.4 Å². The molecule has 0 unspecified atom stereocenters. The number of rotatable bonds is 9. The Morgan fingerprint density at radius 2 is 1.70 bits per heavy atom. The Morgan fingerprint density at radius 1 is 1.03 bits per heavy atom. The van der Waals surface area contributed by atoms with E-state index in [1.54, 1.807) is 14.1 Å². The Labute approximate surface area is 222 Å². The largest absolute Gasteiger partial charge is 0.414 e. The van der Waals surface area contributed by atoms with Gasteiger partial charge in [-0.3, -0.25) is 14.6 Å². The third kappa shape index (κ3) is 6.79. The number of ether oxygens (including phenoxy) is 1. The molecule has 0 N–H and O–H groups in total. The number of hydrogen-bond donors (Lipinski definition) is 0. The summed E-state index contributed by atoms with van der Waals surface area (Å²) in [5, 5.41) is 0. The summed E-state index contributed by atoms with van der Waals surface area (Å²) in [5.41, 5.74) is 2.84. The van der Waals surface area contributed by atoms with E-state index in [4.69, 9.17) is 4.74 Å². The normalized spacial score (nSPS) is 19.2. The van der Waals surface area contributed by atoms with Gasteiger partial charge in [0.25, 0.3) is 5.91 Å². The van der Waals surface area contributed by atoms with Crippen molar-refractivity contribution >= 4 is 12.0 Å². The van der Waals surface area contributed by atoms with Crippen molar-refractivity contribution in [2.75, 3.05) is 46.8 Å². The highest BCUT2D eigenvalue weighted by Crippen LogP contribution is 2.35. The lowest BCUT2D eigenvalue weighted by molar-refractivity contribution is 0.0306. The molecule has 0 aromatic heterocycles. The van der Waals surface area contributed by atoms with Crippen molar-refractivity contribution < 1.29 is 14.3 Å². The van der Waals surface area contributed by atoms with Gasteiger partial charge in [0.1, 0.15) is 5.75 Å².